The van der Waals surface area contributed by atoms with Crippen molar-refractivity contribution in [2.45, 2.75) is 19.1 Å². The number of halogens is 2. The lowest BCUT2D eigenvalue weighted by molar-refractivity contribution is -0.123. The van der Waals surface area contributed by atoms with Crippen molar-refractivity contribution in [2.75, 3.05) is 13.7 Å². The zero-order valence-electron chi connectivity index (χ0n) is 13.5. The van der Waals surface area contributed by atoms with Crippen molar-refractivity contribution in [1.82, 2.24) is 5.32 Å². The van der Waals surface area contributed by atoms with Crippen LogP contribution in [-0.2, 0) is 16.1 Å². The average molecular weight is 369 g/mol. The molecule has 130 valence electrons. The molecule has 2 rings (SSSR count). The minimum atomic E-state index is -0.249. The van der Waals surface area contributed by atoms with Crippen molar-refractivity contribution in [3.63, 3.8) is 0 Å². The van der Waals surface area contributed by atoms with Crippen LogP contribution in [0.2, 0.25) is 5.02 Å². The van der Waals surface area contributed by atoms with Crippen molar-refractivity contribution in [1.29, 1.82) is 0 Å². The van der Waals surface area contributed by atoms with Gasteiger partial charge in [-0.15, -0.1) is 12.4 Å². The third kappa shape index (κ3) is 5.80. The molecule has 0 heterocycles. The van der Waals surface area contributed by atoms with Gasteiger partial charge in [-0.05, 0) is 28.8 Å². The van der Waals surface area contributed by atoms with Gasteiger partial charge in [0.25, 0.3) is 0 Å². The Labute approximate surface area is 153 Å². The van der Waals surface area contributed by atoms with Crippen LogP contribution in [0, 0.1) is 0 Å². The van der Waals surface area contributed by atoms with Crippen molar-refractivity contribution in [2.24, 2.45) is 5.73 Å². The predicted molar refractivity (Wildman–Crippen MR) is 100 cm³/mol. The van der Waals surface area contributed by atoms with E-state index in [1.54, 1.807) is 7.11 Å². The van der Waals surface area contributed by atoms with Crippen LogP contribution in [0.4, 0.5) is 0 Å². The molecule has 24 heavy (non-hydrogen) atoms. The van der Waals surface area contributed by atoms with Crippen molar-refractivity contribution < 1.29 is 9.53 Å². The molecule has 2 aromatic carbocycles. The summed E-state index contributed by atoms with van der Waals surface area (Å²) in [5.41, 5.74) is 8.72. The first-order valence-corrected chi connectivity index (χ1v) is 7.85. The molecule has 6 heteroatoms. The lowest BCUT2D eigenvalue weighted by Gasteiger charge is -2.14. The fourth-order valence-corrected chi connectivity index (χ4v) is 2.45. The van der Waals surface area contributed by atoms with Gasteiger partial charge in [-0.2, -0.15) is 0 Å². The Balaban J connectivity index is 0.00000288. The first-order valence-electron chi connectivity index (χ1n) is 7.47. The number of nitrogens with two attached hydrogens (primary N) is 1. The van der Waals surface area contributed by atoms with E-state index in [-0.39, 0.29) is 30.8 Å². The highest BCUT2D eigenvalue weighted by Gasteiger charge is 2.12. The summed E-state index contributed by atoms with van der Waals surface area (Å²) in [7, 11) is 1.56. The summed E-state index contributed by atoms with van der Waals surface area (Å²) in [5.74, 6) is -0.0757. The maximum atomic E-state index is 12.0. The highest BCUT2D eigenvalue weighted by atomic mass is 35.5. The number of hydrogen-bond acceptors (Lipinski definition) is 3. The van der Waals surface area contributed by atoms with E-state index in [1.807, 2.05) is 48.5 Å². The van der Waals surface area contributed by atoms with Crippen LogP contribution in [0.1, 0.15) is 12.0 Å². The van der Waals surface area contributed by atoms with E-state index >= 15 is 0 Å². The van der Waals surface area contributed by atoms with Crippen LogP contribution in [-0.4, -0.2) is 25.7 Å². The Morgan fingerprint density at radius 3 is 2.50 bits per heavy atom. The van der Waals surface area contributed by atoms with Gasteiger partial charge in [0.15, 0.2) is 0 Å². The fourth-order valence-electron chi connectivity index (χ4n) is 2.32. The number of benzene rings is 2. The SMILES string of the molecule is COC(CN)CC(=O)NCc1ccccc1-c1ccc(Cl)cc1.Cl. The monoisotopic (exact) mass is 368 g/mol. The molecular formula is C18H22Cl2N2O2. The Kier molecular flexibility index (Phi) is 8.79. The molecule has 2 aromatic rings. The minimum Gasteiger partial charge on any atom is -0.380 e. The summed E-state index contributed by atoms with van der Waals surface area (Å²) in [6, 6.07) is 15.6. The predicted octanol–water partition coefficient (Wildman–Crippen LogP) is 3.41. The molecule has 0 saturated carbocycles. The normalized spacial score (nSPS) is 11.5. The summed E-state index contributed by atoms with van der Waals surface area (Å²) >= 11 is 5.94. The molecule has 3 N–H and O–H groups in total. The van der Waals surface area contributed by atoms with E-state index in [9.17, 15) is 4.79 Å². The third-order valence-corrected chi connectivity index (χ3v) is 3.91. The van der Waals surface area contributed by atoms with E-state index in [4.69, 9.17) is 22.1 Å². The first kappa shape index (κ1) is 20.5. The lowest BCUT2D eigenvalue weighted by Crippen LogP contribution is -2.32. The lowest BCUT2D eigenvalue weighted by atomic mass is 10.00. The second kappa shape index (κ2) is 10.3. The molecule has 0 aromatic heterocycles. The summed E-state index contributed by atoms with van der Waals surface area (Å²) in [4.78, 5) is 12.0. The number of nitrogens with one attached hydrogen (secondary N) is 1. The Bertz CT molecular complexity index is 644. The molecule has 0 fully saturated rings. The van der Waals surface area contributed by atoms with Gasteiger partial charge in [0.2, 0.25) is 5.91 Å². The molecule has 1 unspecified atom stereocenters. The molecule has 1 amide bonds. The number of ether oxygens (including phenoxy) is 1. The van der Waals surface area contributed by atoms with Gasteiger partial charge in [0, 0.05) is 25.2 Å². The standard InChI is InChI=1S/C18H21ClN2O2.ClH/c1-23-16(11-20)10-18(22)21-12-14-4-2-3-5-17(14)13-6-8-15(19)9-7-13;/h2-9,16H,10-12,20H2,1H3,(H,21,22);1H. The van der Waals surface area contributed by atoms with Crippen molar-refractivity contribution in [3.05, 3.63) is 59.1 Å². The maximum Gasteiger partial charge on any atom is 0.222 e. The quantitative estimate of drug-likeness (QED) is 0.786. The maximum absolute atomic E-state index is 12.0. The smallest absolute Gasteiger partial charge is 0.222 e. The average Bonchev–Trinajstić information content (AvgIpc) is 2.59. The van der Waals surface area contributed by atoms with Crippen molar-refractivity contribution in [3.8, 4) is 11.1 Å². The Morgan fingerprint density at radius 2 is 1.88 bits per heavy atom. The zero-order chi connectivity index (χ0) is 16.7. The van der Waals surface area contributed by atoms with Crippen LogP contribution in [0.15, 0.2) is 48.5 Å². The number of methoxy groups -OCH3 is 1. The van der Waals surface area contributed by atoms with Crippen LogP contribution in [0.25, 0.3) is 11.1 Å². The van der Waals surface area contributed by atoms with Crippen LogP contribution in [0.3, 0.4) is 0 Å². The number of carbonyl (C=O) groups is 1. The van der Waals surface area contributed by atoms with Crippen LogP contribution >= 0.6 is 24.0 Å². The molecule has 1 atom stereocenters. The molecule has 0 spiro atoms. The van der Waals surface area contributed by atoms with Crippen molar-refractivity contribution >= 4 is 29.9 Å². The largest absolute Gasteiger partial charge is 0.380 e. The zero-order valence-corrected chi connectivity index (χ0v) is 15.1. The number of hydrogen-bond donors (Lipinski definition) is 2. The Morgan fingerprint density at radius 1 is 1.21 bits per heavy atom. The van der Waals surface area contributed by atoms with E-state index < -0.39 is 0 Å². The molecule has 0 aliphatic carbocycles. The van der Waals surface area contributed by atoms with Gasteiger partial charge in [0.1, 0.15) is 0 Å². The van der Waals surface area contributed by atoms with Gasteiger partial charge in [0.05, 0.1) is 12.5 Å². The number of rotatable bonds is 7. The first-order chi connectivity index (χ1) is 11.1. The summed E-state index contributed by atoms with van der Waals surface area (Å²) in [5, 5.41) is 3.62. The summed E-state index contributed by atoms with van der Waals surface area (Å²) in [6.07, 6.45) is 0.0114. The van der Waals surface area contributed by atoms with Gasteiger partial charge in [-0.25, -0.2) is 0 Å². The second-order valence-electron chi connectivity index (χ2n) is 5.24. The molecule has 0 aliphatic heterocycles. The Hall–Kier alpha value is -1.59. The van der Waals surface area contributed by atoms with E-state index in [0.29, 0.717) is 18.1 Å². The molecule has 0 saturated heterocycles. The van der Waals surface area contributed by atoms with E-state index in [2.05, 4.69) is 5.32 Å². The second-order valence-corrected chi connectivity index (χ2v) is 5.67. The highest BCUT2D eigenvalue weighted by Crippen LogP contribution is 2.25. The van der Waals surface area contributed by atoms with Gasteiger partial charge >= 0.3 is 0 Å². The molecule has 4 nitrogen and oxygen atoms in total. The van der Waals surface area contributed by atoms with Crippen LogP contribution < -0.4 is 11.1 Å². The highest BCUT2D eigenvalue weighted by molar-refractivity contribution is 6.30. The molecule has 0 aliphatic rings. The summed E-state index contributed by atoms with van der Waals surface area (Å²) in [6.45, 7) is 0.782. The fraction of sp³-hybridized carbons (Fsp3) is 0.278. The number of carbonyl (C=O) groups excluding carboxylic acids is 1. The molecule has 0 bridgehead atoms. The number of amides is 1. The van der Waals surface area contributed by atoms with E-state index in [1.165, 1.54) is 0 Å². The summed E-state index contributed by atoms with van der Waals surface area (Å²) < 4.78 is 5.13. The topological polar surface area (TPSA) is 64.3 Å². The third-order valence-electron chi connectivity index (χ3n) is 3.66. The molecular weight excluding hydrogens is 347 g/mol. The molecule has 0 radical (unpaired) electrons. The van der Waals surface area contributed by atoms with E-state index in [0.717, 1.165) is 16.7 Å². The van der Waals surface area contributed by atoms with Gasteiger partial charge < -0.3 is 15.8 Å². The minimum absolute atomic E-state index is 0. The van der Waals surface area contributed by atoms with Crippen LogP contribution in [0.5, 0.6) is 0 Å². The van der Waals surface area contributed by atoms with Gasteiger partial charge in [-0.1, -0.05) is 48.0 Å². The van der Waals surface area contributed by atoms with Gasteiger partial charge in [-0.3, -0.25) is 4.79 Å².